The van der Waals surface area contributed by atoms with Crippen molar-refractivity contribution in [2.24, 2.45) is 0 Å². The Kier molecular flexibility index (Phi) is 5.85. The Morgan fingerprint density at radius 1 is 1.30 bits per heavy atom. The number of hydrogen-bond donors (Lipinski definition) is 1. The second kappa shape index (κ2) is 5.13. The third-order valence-electron chi connectivity index (χ3n) is 1.20. The van der Waals surface area contributed by atoms with Gasteiger partial charge in [0.2, 0.25) is 0 Å². The molecule has 0 spiro atoms. The van der Waals surface area contributed by atoms with Crippen LogP contribution in [0.3, 0.4) is 0 Å². The molecule has 1 heterocycles. The fourth-order valence-electron chi connectivity index (χ4n) is 0.886. The van der Waals surface area contributed by atoms with E-state index in [4.69, 9.17) is 13.9 Å². The molecule has 0 aliphatic carbocycles. The summed E-state index contributed by atoms with van der Waals surface area (Å²) < 4.78 is 9.91. The first-order valence-electron chi connectivity index (χ1n) is 3.01. The van der Waals surface area contributed by atoms with Gasteiger partial charge in [-0.1, -0.05) is 0 Å². The summed E-state index contributed by atoms with van der Waals surface area (Å²) in [5.74, 6) is 0. The Morgan fingerprint density at radius 2 is 1.70 bits per heavy atom. The van der Waals surface area contributed by atoms with Gasteiger partial charge in [0, 0.05) is 39.1 Å². The quantitative estimate of drug-likeness (QED) is 0.649. The zero-order chi connectivity index (χ0) is 6.85. The van der Waals surface area contributed by atoms with Crippen LogP contribution < -0.4 is 0 Å². The van der Waals surface area contributed by atoms with Crippen LogP contribution in [-0.4, -0.2) is 17.1 Å². The Balaban J connectivity index is 0.000000810. The first-order valence-corrected chi connectivity index (χ1v) is 4.14. The Labute approximate surface area is 87.4 Å². The fraction of sp³-hybridized carbons (Fsp3) is 1.00. The van der Waals surface area contributed by atoms with E-state index in [0.717, 1.165) is 6.42 Å². The van der Waals surface area contributed by atoms with E-state index < -0.39 is 8.60 Å². The minimum absolute atomic E-state index is 0. The average molecular weight is 239 g/mol. The molecule has 1 aliphatic rings. The summed E-state index contributed by atoms with van der Waals surface area (Å²) >= 11 is 0. The molecule has 3 nitrogen and oxygen atoms in total. The van der Waals surface area contributed by atoms with Crippen LogP contribution in [0.5, 0.6) is 0 Å². The van der Waals surface area contributed by atoms with E-state index in [1.807, 2.05) is 13.8 Å². The van der Waals surface area contributed by atoms with Crippen molar-refractivity contribution in [2.45, 2.75) is 32.5 Å². The van der Waals surface area contributed by atoms with Crippen molar-refractivity contribution >= 4 is 8.60 Å². The van der Waals surface area contributed by atoms with Gasteiger partial charge in [0.15, 0.2) is 0 Å². The zero-order valence-electron chi connectivity index (χ0n) is 6.15. The van der Waals surface area contributed by atoms with Gasteiger partial charge in [-0.3, -0.25) is 0 Å². The molecule has 2 atom stereocenters. The molecule has 0 aromatic heterocycles. The molecule has 1 radical (unpaired) electrons. The summed E-state index contributed by atoms with van der Waals surface area (Å²) in [5.41, 5.74) is 0. The summed E-state index contributed by atoms with van der Waals surface area (Å²) in [6.07, 6.45) is 1.16. The van der Waals surface area contributed by atoms with Crippen molar-refractivity contribution in [3.63, 3.8) is 0 Å². The van der Waals surface area contributed by atoms with Gasteiger partial charge >= 0.3 is 8.60 Å². The van der Waals surface area contributed by atoms with Gasteiger partial charge in [-0.25, -0.2) is 0 Å². The van der Waals surface area contributed by atoms with Crippen molar-refractivity contribution in [3.05, 3.63) is 0 Å². The molecular formula is C5H11O3PY. The van der Waals surface area contributed by atoms with Gasteiger partial charge in [0.25, 0.3) is 0 Å². The smallest absolute Gasteiger partial charge is 0.328 e. The van der Waals surface area contributed by atoms with Gasteiger partial charge < -0.3 is 13.9 Å². The maximum atomic E-state index is 8.87. The third-order valence-corrected chi connectivity index (χ3v) is 2.28. The van der Waals surface area contributed by atoms with E-state index in [2.05, 4.69) is 0 Å². The maximum absolute atomic E-state index is 8.87. The summed E-state index contributed by atoms with van der Waals surface area (Å²) in [5, 5.41) is 0. The average Bonchev–Trinajstić information content (AvgIpc) is 1.59. The third kappa shape index (κ3) is 3.70. The SMILES string of the molecule is CC1CC(C)OP(O)O1.[Y]. The van der Waals surface area contributed by atoms with E-state index in [9.17, 15) is 0 Å². The molecule has 1 N–H and O–H groups in total. The normalized spacial score (nSPS) is 40.5. The van der Waals surface area contributed by atoms with Crippen molar-refractivity contribution in [1.82, 2.24) is 0 Å². The van der Waals surface area contributed by atoms with Crippen LogP contribution in [0.1, 0.15) is 20.3 Å². The molecule has 1 saturated heterocycles. The van der Waals surface area contributed by atoms with Crippen molar-refractivity contribution in [1.29, 1.82) is 0 Å². The molecule has 0 saturated carbocycles. The molecule has 0 aromatic carbocycles. The molecular weight excluding hydrogens is 228 g/mol. The van der Waals surface area contributed by atoms with E-state index >= 15 is 0 Å². The molecule has 0 bridgehead atoms. The largest absolute Gasteiger partial charge is 0.330 e. The molecule has 1 fully saturated rings. The topological polar surface area (TPSA) is 38.7 Å². The van der Waals surface area contributed by atoms with Gasteiger partial charge in [-0.05, 0) is 13.8 Å². The van der Waals surface area contributed by atoms with Crippen LogP contribution >= 0.6 is 8.60 Å². The minimum Gasteiger partial charge on any atom is -0.328 e. The monoisotopic (exact) mass is 239 g/mol. The van der Waals surface area contributed by atoms with E-state index in [1.54, 1.807) is 0 Å². The fourth-order valence-corrected chi connectivity index (χ4v) is 1.72. The van der Waals surface area contributed by atoms with E-state index in [0.29, 0.717) is 0 Å². The summed E-state index contributed by atoms with van der Waals surface area (Å²) in [6, 6.07) is 0. The molecule has 2 unspecified atom stereocenters. The summed E-state index contributed by atoms with van der Waals surface area (Å²) in [7, 11) is -1.57. The van der Waals surface area contributed by atoms with Crippen LogP contribution in [0.25, 0.3) is 0 Å². The maximum Gasteiger partial charge on any atom is 0.330 e. The molecule has 1 aliphatic heterocycles. The molecule has 5 heteroatoms. The molecule has 1 rings (SSSR count). The Hall–Kier alpha value is 1.41. The standard InChI is InChI=1S/C5H11O3P.Y/c1-4-3-5(2)8-9(6)7-4;/h4-6H,3H2,1-2H3;. The second-order valence-electron chi connectivity index (χ2n) is 2.31. The number of hydrogen-bond acceptors (Lipinski definition) is 3. The van der Waals surface area contributed by atoms with Crippen LogP contribution in [-0.2, 0) is 41.8 Å². The molecule has 0 aromatic rings. The van der Waals surface area contributed by atoms with Crippen LogP contribution in [0.15, 0.2) is 0 Å². The predicted octanol–water partition coefficient (Wildman–Crippen LogP) is 1.42. The first-order chi connectivity index (χ1) is 4.18. The van der Waals surface area contributed by atoms with Crippen molar-refractivity contribution < 1.29 is 46.7 Å². The predicted molar refractivity (Wildman–Crippen MR) is 34.8 cm³/mol. The Morgan fingerprint density at radius 3 is 2.00 bits per heavy atom. The summed E-state index contributed by atoms with van der Waals surface area (Å²) in [4.78, 5) is 8.87. The first kappa shape index (κ1) is 11.4. The van der Waals surface area contributed by atoms with Gasteiger partial charge in [0.05, 0.1) is 12.2 Å². The molecule has 0 amide bonds. The van der Waals surface area contributed by atoms with E-state index in [1.165, 1.54) is 0 Å². The van der Waals surface area contributed by atoms with Crippen molar-refractivity contribution in [3.8, 4) is 0 Å². The minimum atomic E-state index is -1.57. The molecule has 10 heavy (non-hydrogen) atoms. The van der Waals surface area contributed by atoms with Gasteiger partial charge in [-0.15, -0.1) is 0 Å². The molecule has 57 valence electrons. The Bertz CT molecular complexity index is 77.9. The van der Waals surface area contributed by atoms with Crippen LogP contribution in [0, 0.1) is 0 Å². The summed E-state index contributed by atoms with van der Waals surface area (Å²) in [6.45, 7) is 3.87. The zero-order valence-corrected chi connectivity index (χ0v) is 9.88. The van der Waals surface area contributed by atoms with Crippen molar-refractivity contribution in [2.75, 3.05) is 0 Å². The van der Waals surface area contributed by atoms with Crippen LogP contribution in [0.4, 0.5) is 0 Å². The number of rotatable bonds is 0. The second-order valence-corrected chi connectivity index (χ2v) is 3.20. The van der Waals surface area contributed by atoms with E-state index in [-0.39, 0.29) is 44.9 Å². The van der Waals surface area contributed by atoms with Gasteiger partial charge in [0.1, 0.15) is 0 Å². The van der Waals surface area contributed by atoms with Crippen LogP contribution in [0.2, 0.25) is 0 Å². The van der Waals surface area contributed by atoms with Gasteiger partial charge in [-0.2, -0.15) is 0 Å².